The van der Waals surface area contributed by atoms with Crippen LogP contribution in [0.15, 0.2) is 0 Å². The fourth-order valence-electron chi connectivity index (χ4n) is 1.66. The maximum absolute atomic E-state index is 11.5. The summed E-state index contributed by atoms with van der Waals surface area (Å²) in [7, 11) is 1.84. The first-order valence-electron chi connectivity index (χ1n) is 4.12. The van der Waals surface area contributed by atoms with Gasteiger partial charge in [-0.15, -0.1) is 0 Å². The predicted molar refractivity (Wildman–Crippen MR) is 44.0 cm³/mol. The third-order valence-electron chi connectivity index (χ3n) is 2.79. The van der Waals surface area contributed by atoms with E-state index in [1.54, 1.807) is 4.90 Å². The topological polar surface area (TPSA) is 46.3 Å². The molecule has 1 heterocycles. The number of nitrogens with zero attached hydrogens (tertiary/aromatic N) is 1. The van der Waals surface area contributed by atoms with Gasteiger partial charge in [0.1, 0.15) is 0 Å². The summed E-state index contributed by atoms with van der Waals surface area (Å²) < 4.78 is 0. The van der Waals surface area contributed by atoms with Crippen molar-refractivity contribution < 1.29 is 4.79 Å². The lowest BCUT2D eigenvalue weighted by atomic mass is 9.84. The van der Waals surface area contributed by atoms with Gasteiger partial charge >= 0.3 is 0 Å². The van der Waals surface area contributed by atoms with Crippen LogP contribution in [0.2, 0.25) is 0 Å². The van der Waals surface area contributed by atoms with Crippen LogP contribution in [0.1, 0.15) is 19.8 Å². The number of carbonyl (C=O) groups is 1. The molecule has 1 rings (SSSR count). The average molecular weight is 156 g/mol. The Balaban J connectivity index is 2.78. The van der Waals surface area contributed by atoms with Crippen molar-refractivity contribution >= 4 is 5.91 Å². The smallest absolute Gasteiger partial charge is 0.229 e. The quantitative estimate of drug-likeness (QED) is 0.621. The lowest BCUT2D eigenvalue weighted by Gasteiger charge is -2.22. The van der Waals surface area contributed by atoms with E-state index in [1.165, 1.54) is 0 Å². The molecule has 3 heteroatoms. The molecule has 0 aromatic heterocycles. The molecule has 1 atom stereocenters. The zero-order chi connectivity index (χ0) is 8.48. The standard InChI is InChI=1S/C8H16N2O/c1-3-8(6-9)4-5-10(2)7(8)11/h3-6,9H2,1-2H3/t8-/m0/s1. The van der Waals surface area contributed by atoms with E-state index in [-0.39, 0.29) is 11.3 Å². The van der Waals surface area contributed by atoms with E-state index in [0.29, 0.717) is 6.54 Å². The van der Waals surface area contributed by atoms with Crippen molar-refractivity contribution in [2.75, 3.05) is 20.1 Å². The van der Waals surface area contributed by atoms with Crippen LogP contribution in [0.4, 0.5) is 0 Å². The molecule has 0 aromatic carbocycles. The normalized spacial score (nSPS) is 31.5. The summed E-state index contributed by atoms with van der Waals surface area (Å²) in [6, 6.07) is 0. The van der Waals surface area contributed by atoms with Crippen LogP contribution < -0.4 is 5.73 Å². The predicted octanol–water partition coefficient (Wildman–Crippen LogP) is 0.204. The van der Waals surface area contributed by atoms with E-state index in [4.69, 9.17) is 5.73 Å². The van der Waals surface area contributed by atoms with E-state index >= 15 is 0 Å². The summed E-state index contributed by atoms with van der Waals surface area (Å²) in [4.78, 5) is 13.3. The minimum Gasteiger partial charge on any atom is -0.345 e. The van der Waals surface area contributed by atoms with E-state index in [9.17, 15) is 4.79 Å². The number of nitrogens with two attached hydrogens (primary N) is 1. The highest BCUT2D eigenvalue weighted by Gasteiger charge is 2.42. The van der Waals surface area contributed by atoms with E-state index < -0.39 is 0 Å². The molecule has 1 aliphatic heterocycles. The molecule has 0 aliphatic carbocycles. The van der Waals surface area contributed by atoms with Gasteiger partial charge in [-0.25, -0.2) is 0 Å². The van der Waals surface area contributed by atoms with Crippen LogP contribution in [-0.2, 0) is 4.79 Å². The molecule has 0 bridgehead atoms. The minimum absolute atomic E-state index is 0.225. The van der Waals surface area contributed by atoms with E-state index in [0.717, 1.165) is 19.4 Å². The molecule has 0 spiro atoms. The number of hydrogen-bond acceptors (Lipinski definition) is 2. The Morgan fingerprint density at radius 2 is 2.36 bits per heavy atom. The Hall–Kier alpha value is -0.570. The van der Waals surface area contributed by atoms with Gasteiger partial charge in [0, 0.05) is 20.1 Å². The number of likely N-dealkylation sites (tertiary alicyclic amines) is 1. The van der Waals surface area contributed by atoms with E-state index in [2.05, 4.69) is 0 Å². The Bertz CT molecular complexity index is 163. The van der Waals surface area contributed by atoms with Gasteiger partial charge in [0.2, 0.25) is 5.91 Å². The lowest BCUT2D eigenvalue weighted by molar-refractivity contribution is -0.134. The van der Waals surface area contributed by atoms with Crippen LogP contribution >= 0.6 is 0 Å². The first kappa shape index (κ1) is 8.53. The molecule has 1 saturated heterocycles. The first-order valence-corrected chi connectivity index (χ1v) is 4.12. The van der Waals surface area contributed by atoms with E-state index in [1.807, 2.05) is 14.0 Å². The van der Waals surface area contributed by atoms with Crippen molar-refractivity contribution in [2.45, 2.75) is 19.8 Å². The maximum Gasteiger partial charge on any atom is 0.229 e. The lowest BCUT2D eigenvalue weighted by Crippen LogP contribution is -2.38. The van der Waals surface area contributed by atoms with Gasteiger partial charge in [-0.05, 0) is 12.8 Å². The fraction of sp³-hybridized carbons (Fsp3) is 0.875. The average Bonchev–Trinajstić information content (AvgIpc) is 2.32. The number of hydrogen-bond donors (Lipinski definition) is 1. The Kier molecular flexibility index (Phi) is 2.18. The van der Waals surface area contributed by atoms with Crippen molar-refractivity contribution in [3.63, 3.8) is 0 Å². The van der Waals surface area contributed by atoms with Crippen molar-refractivity contribution in [1.29, 1.82) is 0 Å². The molecular weight excluding hydrogens is 140 g/mol. The molecule has 11 heavy (non-hydrogen) atoms. The molecular formula is C8H16N2O. The SMILES string of the molecule is CC[C@@]1(CN)CCN(C)C1=O. The second-order valence-corrected chi connectivity index (χ2v) is 3.31. The van der Waals surface area contributed by atoms with Gasteiger partial charge in [0.25, 0.3) is 0 Å². The summed E-state index contributed by atoms with van der Waals surface area (Å²) in [5, 5.41) is 0. The number of rotatable bonds is 2. The largest absolute Gasteiger partial charge is 0.345 e. The number of carbonyl (C=O) groups excluding carboxylic acids is 1. The van der Waals surface area contributed by atoms with Crippen molar-refractivity contribution in [2.24, 2.45) is 11.1 Å². The third kappa shape index (κ3) is 1.13. The molecule has 1 aliphatic rings. The van der Waals surface area contributed by atoms with Gasteiger partial charge in [0.05, 0.1) is 5.41 Å². The monoisotopic (exact) mass is 156 g/mol. The second kappa shape index (κ2) is 2.81. The molecule has 0 unspecified atom stereocenters. The van der Waals surface area contributed by atoms with Gasteiger partial charge in [-0.3, -0.25) is 4.79 Å². The Morgan fingerprint density at radius 1 is 1.73 bits per heavy atom. The molecule has 0 saturated carbocycles. The highest BCUT2D eigenvalue weighted by Crippen LogP contribution is 2.32. The summed E-state index contributed by atoms with van der Waals surface area (Å²) in [5.74, 6) is 0.225. The fourth-order valence-corrected chi connectivity index (χ4v) is 1.66. The molecule has 64 valence electrons. The zero-order valence-electron chi connectivity index (χ0n) is 7.26. The molecule has 0 aromatic rings. The maximum atomic E-state index is 11.5. The first-order chi connectivity index (χ1) is 5.16. The van der Waals surface area contributed by atoms with Crippen molar-refractivity contribution in [1.82, 2.24) is 4.90 Å². The Morgan fingerprint density at radius 3 is 2.55 bits per heavy atom. The van der Waals surface area contributed by atoms with Gasteiger partial charge < -0.3 is 10.6 Å². The second-order valence-electron chi connectivity index (χ2n) is 3.31. The molecule has 1 amide bonds. The highest BCUT2D eigenvalue weighted by atomic mass is 16.2. The molecule has 0 radical (unpaired) electrons. The summed E-state index contributed by atoms with van der Waals surface area (Å²) in [6.07, 6.45) is 1.79. The van der Waals surface area contributed by atoms with Gasteiger partial charge in [-0.2, -0.15) is 0 Å². The zero-order valence-corrected chi connectivity index (χ0v) is 7.26. The number of amides is 1. The third-order valence-corrected chi connectivity index (χ3v) is 2.79. The highest BCUT2D eigenvalue weighted by molar-refractivity contribution is 5.84. The molecule has 3 nitrogen and oxygen atoms in total. The van der Waals surface area contributed by atoms with Crippen LogP contribution in [0.5, 0.6) is 0 Å². The molecule has 2 N–H and O–H groups in total. The summed E-state index contributed by atoms with van der Waals surface area (Å²) in [5.41, 5.74) is 5.36. The van der Waals surface area contributed by atoms with Gasteiger partial charge in [-0.1, -0.05) is 6.92 Å². The summed E-state index contributed by atoms with van der Waals surface area (Å²) in [6.45, 7) is 3.39. The van der Waals surface area contributed by atoms with Crippen molar-refractivity contribution in [3.8, 4) is 0 Å². The van der Waals surface area contributed by atoms with Crippen LogP contribution in [-0.4, -0.2) is 30.9 Å². The Labute approximate surface area is 67.5 Å². The van der Waals surface area contributed by atoms with Crippen LogP contribution in [0.25, 0.3) is 0 Å². The minimum atomic E-state index is -0.227. The van der Waals surface area contributed by atoms with Crippen LogP contribution in [0.3, 0.4) is 0 Å². The molecule has 1 fully saturated rings. The van der Waals surface area contributed by atoms with Crippen LogP contribution in [0, 0.1) is 5.41 Å². The van der Waals surface area contributed by atoms with Crippen molar-refractivity contribution in [3.05, 3.63) is 0 Å². The van der Waals surface area contributed by atoms with Gasteiger partial charge in [0.15, 0.2) is 0 Å². The summed E-state index contributed by atoms with van der Waals surface area (Å²) >= 11 is 0.